The highest BCUT2D eigenvalue weighted by atomic mass is 32.2. The minimum Gasteiger partial charge on any atom is -0.366 e. The van der Waals surface area contributed by atoms with Gasteiger partial charge < -0.3 is 15.4 Å². The number of thioether (sulfide) groups is 1. The van der Waals surface area contributed by atoms with Crippen LogP contribution in [0.5, 0.6) is 0 Å². The Morgan fingerprint density at radius 2 is 2.27 bits per heavy atom. The molecule has 1 aromatic rings. The summed E-state index contributed by atoms with van der Waals surface area (Å²) in [6, 6.07) is 4.96. The number of anilines is 1. The van der Waals surface area contributed by atoms with Crippen molar-refractivity contribution in [1.29, 1.82) is 0 Å². The number of halogens is 3. The monoisotopic (exact) mass is 334 g/mol. The van der Waals surface area contributed by atoms with Crippen LogP contribution in [-0.2, 0) is 9.53 Å². The summed E-state index contributed by atoms with van der Waals surface area (Å²) in [6.07, 6.45) is -4.89. The molecule has 0 saturated carbocycles. The molecule has 2 rings (SSSR count). The molecule has 1 fully saturated rings. The summed E-state index contributed by atoms with van der Waals surface area (Å²) >= 11 is 0.655. The number of carbonyl (C=O) groups excluding carboxylic acids is 1. The second-order valence-corrected chi connectivity index (χ2v) is 5.97. The Balaban J connectivity index is 2.07. The maximum Gasteiger partial charge on any atom is 0.398 e. The zero-order chi connectivity index (χ0) is 16.2. The van der Waals surface area contributed by atoms with Crippen molar-refractivity contribution < 1.29 is 22.7 Å². The quantitative estimate of drug-likeness (QED) is 0.831. The second-order valence-electron chi connectivity index (χ2n) is 4.96. The van der Waals surface area contributed by atoms with Crippen molar-refractivity contribution in [3.63, 3.8) is 0 Å². The number of ether oxygens (including phenoxy) is 1. The highest BCUT2D eigenvalue weighted by Gasteiger charge is 2.28. The van der Waals surface area contributed by atoms with E-state index in [1.54, 1.807) is 18.2 Å². The second kappa shape index (κ2) is 7.34. The normalized spacial score (nSPS) is 19.0. The lowest BCUT2D eigenvalue weighted by Crippen LogP contribution is -2.45. The Bertz CT molecular complexity index is 531. The van der Waals surface area contributed by atoms with Crippen LogP contribution in [0.25, 0.3) is 0 Å². The lowest BCUT2D eigenvalue weighted by atomic mass is 10.2. The Kier molecular flexibility index (Phi) is 5.71. The minimum absolute atomic E-state index is 0.355. The molecule has 2 N–H and O–H groups in total. The molecule has 0 spiro atoms. The van der Waals surface area contributed by atoms with Crippen LogP contribution in [0, 0.1) is 6.92 Å². The van der Waals surface area contributed by atoms with Gasteiger partial charge in [-0.3, -0.25) is 4.79 Å². The average molecular weight is 334 g/mol. The van der Waals surface area contributed by atoms with Crippen molar-refractivity contribution in [3.8, 4) is 0 Å². The number of amides is 1. The number of alkyl halides is 3. The van der Waals surface area contributed by atoms with E-state index in [0.29, 0.717) is 42.0 Å². The van der Waals surface area contributed by atoms with E-state index in [2.05, 4.69) is 10.6 Å². The number of nitrogens with one attached hydrogen (secondary N) is 2. The third-order valence-corrected chi connectivity index (χ3v) is 4.14. The molecule has 122 valence electrons. The van der Waals surface area contributed by atoms with Crippen molar-refractivity contribution in [2.45, 2.75) is 24.1 Å². The summed E-state index contributed by atoms with van der Waals surface area (Å²) < 4.78 is 42.4. The molecule has 0 bridgehead atoms. The number of rotatable bonds is 4. The Morgan fingerprint density at radius 3 is 2.91 bits per heavy atom. The van der Waals surface area contributed by atoms with Gasteiger partial charge in [0.25, 0.3) is 5.91 Å². The zero-order valence-corrected chi connectivity index (χ0v) is 12.8. The van der Waals surface area contributed by atoms with E-state index in [9.17, 15) is 18.0 Å². The van der Waals surface area contributed by atoms with Crippen LogP contribution < -0.4 is 10.6 Å². The molecule has 0 aliphatic carbocycles. The number of benzene rings is 1. The number of hydrogen-bond donors (Lipinski definition) is 2. The third-order valence-electron chi connectivity index (χ3n) is 3.00. The molecule has 1 unspecified atom stereocenters. The average Bonchev–Trinajstić information content (AvgIpc) is 2.46. The topological polar surface area (TPSA) is 50.4 Å². The Labute approximate surface area is 130 Å². The molecule has 0 radical (unpaired) electrons. The molecule has 8 heteroatoms. The first-order valence-electron chi connectivity index (χ1n) is 6.78. The van der Waals surface area contributed by atoms with Gasteiger partial charge in [-0.2, -0.15) is 13.2 Å². The van der Waals surface area contributed by atoms with E-state index in [1.165, 1.54) is 0 Å². The van der Waals surface area contributed by atoms with Crippen molar-refractivity contribution in [2.75, 3.05) is 30.8 Å². The first-order chi connectivity index (χ1) is 10.3. The van der Waals surface area contributed by atoms with Gasteiger partial charge in [-0.25, -0.2) is 0 Å². The zero-order valence-electron chi connectivity index (χ0n) is 12.0. The molecule has 1 aliphatic heterocycles. The summed E-state index contributed by atoms with van der Waals surface area (Å²) in [6.45, 7) is 3.32. The highest BCUT2D eigenvalue weighted by Crippen LogP contribution is 2.33. The molecule has 1 aliphatic rings. The first kappa shape index (κ1) is 17.1. The fourth-order valence-corrected chi connectivity index (χ4v) is 2.72. The minimum atomic E-state index is -4.26. The molecule has 1 atom stereocenters. The van der Waals surface area contributed by atoms with Gasteiger partial charge in [0.05, 0.1) is 18.0 Å². The van der Waals surface area contributed by atoms with E-state index in [-0.39, 0.29) is 5.91 Å². The maximum atomic E-state index is 12.4. The standard InChI is InChI=1S/C14H17F3N2O2S/c1-9-2-3-12(22-8-14(15,16)17)10(6-9)19-13(20)11-7-18-4-5-21-11/h2-3,6,11,18H,4-5,7-8H2,1H3,(H,19,20). The van der Waals surface area contributed by atoms with E-state index in [4.69, 9.17) is 4.74 Å². The maximum absolute atomic E-state index is 12.4. The number of morpholine rings is 1. The fourth-order valence-electron chi connectivity index (χ4n) is 1.97. The molecule has 1 aromatic carbocycles. The Hall–Kier alpha value is -1.25. The van der Waals surface area contributed by atoms with E-state index < -0.39 is 18.0 Å². The van der Waals surface area contributed by atoms with Crippen LogP contribution in [0.15, 0.2) is 23.1 Å². The predicted octanol–water partition coefficient (Wildman–Crippen LogP) is 2.58. The van der Waals surface area contributed by atoms with Gasteiger partial charge in [-0.05, 0) is 24.6 Å². The smallest absolute Gasteiger partial charge is 0.366 e. The summed E-state index contributed by atoms with van der Waals surface area (Å²) in [5.74, 6) is -1.35. The van der Waals surface area contributed by atoms with Gasteiger partial charge in [0.1, 0.15) is 6.10 Å². The SMILES string of the molecule is Cc1ccc(SCC(F)(F)F)c(NC(=O)C2CNCCO2)c1. The predicted molar refractivity (Wildman–Crippen MR) is 79.2 cm³/mol. The summed E-state index contributed by atoms with van der Waals surface area (Å²) in [5.41, 5.74) is 1.24. The summed E-state index contributed by atoms with van der Waals surface area (Å²) in [7, 11) is 0. The molecule has 4 nitrogen and oxygen atoms in total. The molecule has 0 aromatic heterocycles. The van der Waals surface area contributed by atoms with Crippen LogP contribution in [0.4, 0.5) is 18.9 Å². The van der Waals surface area contributed by atoms with Gasteiger partial charge in [-0.1, -0.05) is 6.07 Å². The molecular formula is C14H17F3N2O2S. The largest absolute Gasteiger partial charge is 0.398 e. The van der Waals surface area contributed by atoms with Crippen LogP contribution in [0.2, 0.25) is 0 Å². The number of hydrogen-bond acceptors (Lipinski definition) is 4. The molecule has 22 heavy (non-hydrogen) atoms. The molecule has 1 amide bonds. The lowest BCUT2D eigenvalue weighted by molar-refractivity contribution is -0.128. The number of carbonyl (C=O) groups is 1. The summed E-state index contributed by atoms with van der Waals surface area (Å²) in [4.78, 5) is 12.5. The fraction of sp³-hybridized carbons (Fsp3) is 0.500. The van der Waals surface area contributed by atoms with Crippen LogP contribution in [0.3, 0.4) is 0 Å². The third kappa shape index (κ3) is 5.19. The Morgan fingerprint density at radius 1 is 1.50 bits per heavy atom. The highest BCUT2D eigenvalue weighted by molar-refractivity contribution is 7.99. The van der Waals surface area contributed by atoms with Crippen molar-refractivity contribution in [1.82, 2.24) is 5.32 Å². The summed E-state index contributed by atoms with van der Waals surface area (Å²) in [5, 5.41) is 5.70. The van der Waals surface area contributed by atoms with E-state index >= 15 is 0 Å². The molecule has 1 heterocycles. The van der Waals surface area contributed by atoms with Crippen molar-refractivity contribution >= 4 is 23.4 Å². The van der Waals surface area contributed by atoms with Gasteiger partial charge in [0.15, 0.2) is 0 Å². The van der Waals surface area contributed by atoms with Crippen molar-refractivity contribution in [3.05, 3.63) is 23.8 Å². The van der Waals surface area contributed by atoms with Gasteiger partial charge in [-0.15, -0.1) is 11.8 Å². The van der Waals surface area contributed by atoms with Gasteiger partial charge >= 0.3 is 6.18 Å². The van der Waals surface area contributed by atoms with Crippen LogP contribution in [-0.4, -0.2) is 43.6 Å². The van der Waals surface area contributed by atoms with Crippen LogP contribution in [0.1, 0.15) is 5.56 Å². The van der Waals surface area contributed by atoms with E-state index in [0.717, 1.165) is 5.56 Å². The molecular weight excluding hydrogens is 317 g/mol. The van der Waals surface area contributed by atoms with Crippen LogP contribution >= 0.6 is 11.8 Å². The van der Waals surface area contributed by atoms with E-state index in [1.807, 2.05) is 6.92 Å². The first-order valence-corrected chi connectivity index (χ1v) is 7.77. The van der Waals surface area contributed by atoms with Crippen molar-refractivity contribution in [2.24, 2.45) is 0 Å². The molecule has 1 saturated heterocycles. The number of aryl methyl sites for hydroxylation is 1. The van der Waals surface area contributed by atoms with Gasteiger partial charge in [0.2, 0.25) is 0 Å². The lowest BCUT2D eigenvalue weighted by Gasteiger charge is -2.23. The van der Waals surface area contributed by atoms with Gasteiger partial charge in [0, 0.05) is 18.0 Å².